The van der Waals surface area contributed by atoms with Gasteiger partial charge in [0, 0.05) is 10.8 Å². The van der Waals surface area contributed by atoms with E-state index in [2.05, 4.69) is 51.0 Å². The number of anilines is 4. The Morgan fingerprint density at radius 1 is 0.432 bits per heavy atom. The Labute approximate surface area is 701 Å². The molecule has 88 heavy (non-hydrogen) atoms. The van der Waals surface area contributed by atoms with Gasteiger partial charge in [-0.25, -0.2) is 60.5 Å². The number of nitrogens with zero attached hydrogens (tertiary/aromatic N) is 8. The maximum absolute atomic E-state index is 13.9. The fraction of sp³-hybridized carbons (Fsp3) is 0.0476. The normalized spacial score (nSPS) is 11.9. The van der Waals surface area contributed by atoms with E-state index in [0.29, 0.717) is 24.3 Å². The van der Waals surface area contributed by atoms with Gasteiger partial charge in [0.05, 0.1) is 62.9 Å². The van der Waals surface area contributed by atoms with Crippen LogP contribution in [0.5, 0.6) is 11.5 Å². The standard InChI is InChI=1S/2C21H15ClFN5O10S3.3K.3Na/c2*1-9-17(22)20(26-21(23)24-9)25-12-6-7-13(39(30,31)32)10-8-15(41(36,37)38)18(19(29)16(10)12)28-27-11-4-2-3-5-14(11)40(33,34)35;;;;;;/h2*2-8,29H,1H3,(H,24,25,26)(H,30,31,32)(H,33,34,35)(H,36,37,38);;;;;;/q;;6*+1/p-6. The maximum atomic E-state index is 13.9. The van der Waals surface area contributed by atoms with Gasteiger partial charge in [-0.3, -0.25) is 0 Å². The second kappa shape index (κ2) is 33.9. The molecule has 0 unspecified atom stereocenters. The fourth-order valence-corrected chi connectivity index (χ4v) is 11.4. The molecule has 0 amide bonds. The molecule has 6 aromatic carbocycles. The summed E-state index contributed by atoms with van der Waals surface area (Å²) in [6.07, 6.45) is -2.47. The Kier molecular flexibility index (Phi) is 33.2. The van der Waals surface area contributed by atoms with Crippen molar-refractivity contribution in [2.75, 3.05) is 10.6 Å². The quantitative estimate of drug-likeness (QED) is 0.0340. The summed E-state index contributed by atoms with van der Waals surface area (Å²) >= 11 is 12.2. The molecule has 2 aromatic heterocycles. The first-order valence-electron chi connectivity index (χ1n) is 21.1. The minimum atomic E-state index is -5.59. The van der Waals surface area contributed by atoms with Gasteiger partial charge in [0.25, 0.3) is 0 Å². The zero-order chi connectivity index (χ0) is 61.0. The predicted molar refractivity (Wildman–Crippen MR) is 270 cm³/mol. The second-order valence-corrected chi connectivity index (χ2v) is 24.8. The first-order valence-corrected chi connectivity index (χ1v) is 30.3. The minimum absolute atomic E-state index is 0. The van der Waals surface area contributed by atoms with Gasteiger partial charge in [-0.2, -0.15) is 18.7 Å². The molecule has 8 aromatic rings. The van der Waals surface area contributed by atoms with Crippen molar-refractivity contribution in [3.63, 3.8) is 0 Å². The summed E-state index contributed by atoms with van der Waals surface area (Å²) in [5.74, 6) is -3.27. The number of aromatic nitrogens is 4. The molecule has 0 aliphatic carbocycles. The molecule has 0 atom stereocenters. The van der Waals surface area contributed by atoms with Crippen LogP contribution in [0.3, 0.4) is 0 Å². The zero-order valence-electron chi connectivity index (χ0n) is 45.9. The molecule has 30 nitrogen and oxygen atoms in total. The van der Waals surface area contributed by atoms with E-state index < -0.39 is 170 Å². The first-order chi connectivity index (χ1) is 37.8. The van der Waals surface area contributed by atoms with Gasteiger partial charge in [-0.1, -0.05) is 47.5 Å². The van der Waals surface area contributed by atoms with Crippen LogP contribution >= 0.6 is 23.2 Å². The van der Waals surface area contributed by atoms with Crippen LogP contribution in [-0.4, -0.2) is 108 Å². The molecule has 432 valence electrons. The molecule has 0 bridgehead atoms. The Bertz CT molecular complexity index is 4560. The number of fused-ring (bicyclic) bond motifs is 2. The number of phenolic OH excluding ortho intramolecular Hbond substituents is 2. The largest absolute Gasteiger partial charge is 1.00 e. The van der Waals surface area contributed by atoms with Crippen LogP contribution < -0.4 is 253 Å². The van der Waals surface area contributed by atoms with Crippen LogP contribution in [0.4, 0.5) is 54.5 Å². The summed E-state index contributed by atoms with van der Waals surface area (Å²) in [6, 6.07) is 12.7. The number of phenols is 2. The van der Waals surface area contributed by atoms with Crippen LogP contribution in [0.1, 0.15) is 11.4 Å². The van der Waals surface area contributed by atoms with Crippen LogP contribution in [0, 0.1) is 26.0 Å². The summed E-state index contributed by atoms with van der Waals surface area (Å²) in [5, 5.41) is 37.9. The molecular formula is C42H24Cl2F2K3N10Na3O20S6. The zero-order valence-corrected chi connectivity index (χ0v) is 67.6. The van der Waals surface area contributed by atoms with Gasteiger partial charge in [-0.15, -0.1) is 20.5 Å². The third-order valence-corrected chi connectivity index (χ3v) is 16.9. The molecule has 0 aliphatic heterocycles. The number of aromatic hydroxyl groups is 2. The van der Waals surface area contributed by atoms with Gasteiger partial charge in [-0.05, 0) is 74.5 Å². The third-order valence-electron chi connectivity index (χ3n) is 10.7. The SMILES string of the molecule is Cc1nc(F)nc(Nc2ccc(S(=O)(=O)[O-])c3cc(S(=O)(=O)[O-])c(N=Nc4ccccc4S(=O)(=O)[O-])c(O)c23)c1Cl.Cc1nc(F)nc(Nc2ccc(S(=O)(=O)[O-])c3cc(S(=O)(=O)[O-])c(N=Nc4ccccc4S(=O)(=O)[O-])c(O)c23)c1Cl.[K+].[K+].[K+].[Na+].[Na+].[Na+]. The Hall–Kier alpha value is 0.209. The third kappa shape index (κ3) is 20.6. The maximum Gasteiger partial charge on any atom is 1.00 e. The predicted octanol–water partition coefficient (Wildman–Crippen LogP) is -11.4. The summed E-state index contributed by atoms with van der Waals surface area (Å²) in [5.41, 5.74) is -4.19. The molecule has 0 saturated heterocycles. The molecule has 0 fully saturated rings. The van der Waals surface area contributed by atoms with Crippen molar-refractivity contribution < 1.29 is 340 Å². The number of hydrogen-bond donors (Lipinski definition) is 4. The van der Waals surface area contributed by atoms with Crippen molar-refractivity contribution in [1.82, 2.24) is 19.9 Å². The fourth-order valence-electron chi connectivity index (χ4n) is 7.27. The van der Waals surface area contributed by atoms with Crippen molar-refractivity contribution >= 4 is 151 Å². The van der Waals surface area contributed by atoms with Crippen molar-refractivity contribution in [1.29, 1.82) is 0 Å². The Morgan fingerprint density at radius 3 is 1.00 bits per heavy atom. The van der Waals surface area contributed by atoms with E-state index in [1.54, 1.807) is 0 Å². The van der Waals surface area contributed by atoms with E-state index in [0.717, 1.165) is 36.4 Å². The Balaban J connectivity index is 0.000000824. The molecule has 4 N–H and O–H groups in total. The molecular weight excluding hydrogens is 1450 g/mol. The molecule has 8 rings (SSSR count). The summed E-state index contributed by atoms with van der Waals surface area (Å²) in [6.45, 7) is 2.65. The molecule has 46 heteroatoms. The molecule has 0 spiro atoms. The molecule has 0 saturated carbocycles. The Morgan fingerprint density at radius 2 is 0.716 bits per heavy atom. The summed E-state index contributed by atoms with van der Waals surface area (Å²) < 4.78 is 241. The smallest absolute Gasteiger partial charge is 0.744 e. The second-order valence-electron chi connectivity index (χ2n) is 16.0. The van der Waals surface area contributed by atoms with E-state index in [1.165, 1.54) is 38.1 Å². The van der Waals surface area contributed by atoms with Crippen molar-refractivity contribution in [3.8, 4) is 11.5 Å². The van der Waals surface area contributed by atoms with Gasteiger partial charge < -0.3 is 48.2 Å². The van der Waals surface area contributed by atoms with Gasteiger partial charge in [0.2, 0.25) is 0 Å². The molecule has 0 radical (unpaired) electrons. The average molecular weight is 1480 g/mol. The number of halogens is 4. The van der Waals surface area contributed by atoms with Crippen LogP contribution in [0.25, 0.3) is 21.5 Å². The molecule has 2 heterocycles. The monoisotopic (exact) mass is 1470 g/mol. The van der Waals surface area contributed by atoms with E-state index in [9.17, 15) is 96.8 Å². The van der Waals surface area contributed by atoms with Gasteiger partial charge in [0.1, 0.15) is 93.5 Å². The minimum Gasteiger partial charge on any atom is -0.744 e. The van der Waals surface area contributed by atoms with E-state index >= 15 is 0 Å². The van der Waals surface area contributed by atoms with Crippen molar-refractivity contribution in [3.05, 3.63) is 119 Å². The summed E-state index contributed by atoms with van der Waals surface area (Å²) in [7, 11) is -32.1. The van der Waals surface area contributed by atoms with Crippen LogP contribution in [0.15, 0.2) is 135 Å². The molecule has 0 aliphatic rings. The van der Waals surface area contributed by atoms with E-state index in [4.69, 9.17) is 23.2 Å². The number of nitrogens with one attached hydrogen (secondary N) is 2. The van der Waals surface area contributed by atoms with Crippen molar-refractivity contribution in [2.45, 2.75) is 43.2 Å². The van der Waals surface area contributed by atoms with Crippen LogP contribution in [0.2, 0.25) is 10.0 Å². The van der Waals surface area contributed by atoms with E-state index in [1.807, 2.05) is 0 Å². The topological polar surface area (TPSA) is 509 Å². The summed E-state index contributed by atoms with van der Waals surface area (Å²) in [4.78, 5) is 7.15. The average Bonchev–Trinajstić information content (AvgIpc) is 3.21. The van der Waals surface area contributed by atoms with Gasteiger partial charge >= 0.3 is 255 Å². The number of benzene rings is 6. The number of rotatable bonds is 14. The van der Waals surface area contributed by atoms with E-state index in [-0.39, 0.29) is 276 Å². The van der Waals surface area contributed by atoms with Crippen molar-refractivity contribution in [2.24, 2.45) is 20.5 Å². The number of azo groups is 2. The van der Waals surface area contributed by atoms with Gasteiger partial charge in [0.15, 0.2) is 23.1 Å². The van der Waals surface area contributed by atoms with Crippen LogP contribution in [-0.2, 0) is 60.7 Å². The number of hydrogen-bond acceptors (Lipinski definition) is 30. The number of aryl methyl sites for hydroxylation is 2. The first kappa shape index (κ1) is 86.2.